The van der Waals surface area contributed by atoms with Gasteiger partial charge in [0.15, 0.2) is 0 Å². The van der Waals surface area contributed by atoms with Gasteiger partial charge in [0.25, 0.3) is 0 Å². The van der Waals surface area contributed by atoms with Gasteiger partial charge in [-0.1, -0.05) is 443 Å². The van der Waals surface area contributed by atoms with E-state index < -0.39 is 6.10 Å². The van der Waals surface area contributed by atoms with Crippen molar-refractivity contribution in [1.29, 1.82) is 0 Å². The van der Waals surface area contributed by atoms with E-state index in [2.05, 4.69) is 86.0 Å². The molecule has 2 rings (SSSR count). The largest absolute Gasteiger partial charge is 0.384 e. The first-order valence-electron chi connectivity index (χ1n) is 41.0. The minimum absolute atomic E-state index is 0.624. The molecule has 88 heavy (non-hydrogen) atoms. The van der Waals surface area contributed by atoms with Crippen molar-refractivity contribution in [3.63, 3.8) is 0 Å². The number of nitrogens with zero attached hydrogens (tertiary/aromatic N) is 2. The average molecular weight is 1220 g/mol. The number of anilines is 2. The summed E-state index contributed by atoms with van der Waals surface area (Å²) in [4.78, 5) is 5.56. The molecule has 3 heteroatoms. The summed E-state index contributed by atoms with van der Waals surface area (Å²) >= 11 is 0. The van der Waals surface area contributed by atoms with E-state index in [1.54, 1.807) is 0 Å². The van der Waals surface area contributed by atoms with Crippen molar-refractivity contribution in [2.24, 2.45) is 0 Å². The lowest BCUT2D eigenvalue weighted by Crippen LogP contribution is -2.28. The van der Waals surface area contributed by atoms with Crippen molar-refractivity contribution in [3.05, 3.63) is 59.7 Å². The zero-order chi connectivity index (χ0) is 62.8. The van der Waals surface area contributed by atoms with Gasteiger partial charge in [0.2, 0.25) is 0 Å². The zero-order valence-corrected chi connectivity index (χ0v) is 60.6. The Hall–Kier alpha value is -2.00. The fraction of sp³-hybridized carbons (Fsp3) is 0.859. The van der Waals surface area contributed by atoms with Crippen molar-refractivity contribution in [2.45, 2.75) is 445 Å². The summed E-state index contributed by atoms with van der Waals surface area (Å²) in [7, 11) is 0. The van der Waals surface area contributed by atoms with E-state index in [1.807, 2.05) is 0 Å². The van der Waals surface area contributed by atoms with Crippen LogP contribution in [0, 0.1) is 0 Å². The standard InChI is InChI=1S/C85H158N2O/c1-5-9-13-17-21-25-29-33-37-41-45-49-53-57-61-68-74-86(75-69-62-58-54-50-46-42-38-34-30-26-22-18-14-10-6-2)83-78-82(85(88)81-72-66-65-67-73-81)79-84(80-83)87(76-70-63-59-55-51-47-43-39-35-31-27-23-19-15-11-7-3)77-71-64-60-56-52-48-44-40-36-32-28-24-20-16-12-8-4/h65-67,72-73,78-80,85,88H,5-64,68-71,74-77H2,1-4H3. The highest BCUT2D eigenvalue weighted by Gasteiger charge is 2.19. The number of aliphatic hydroxyl groups excluding tert-OH is 1. The van der Waals surface area contributed by atoms with E-state index in [9.17, 15) is 5.11 Å². The maximum absolute atomic E-state index is 12.3. The molecule has 0 spiro atoms. The summed E-state index contributed by atoms with van der Waals surface area (Å²) in [5, 5.41) is 12.3. The van der Waals surface area contributed by atoms with Crippen LogP contribution >= 0.6 is 0 Å². The highest BCUT2D eigenvalue weighted by molar-refractivity contribution is 5.63. The Balaban J connectivity index is 2.13. The van der Waals surface area contributed by atoms with Gasteiger partial charge in [0, 0.05) is 37.6 Å². The molecule has 0 heterocycles. The first-order chi connectivity index (χ1) is 43.6. The Morgan fingerprint density at radius 2 is 0.386 bits per heavy atom. The van der Waals surface area contributed by atoms with Gasteiger partial charge in [-0.05, 0) is 55.0 Å². The number of rotatable bonds is 72. The summed E-state index contributed by atoms with van der Waals surface area (Å²) in [6.45, 7) is 13.8. The number of hydrogen-bond acceptors (Lipinski definition) is 3. The van der Waals surface area contributed by atoms with Gasteiger partial charge < -0.3 is 14.9 Å². The van der Waals surface area contributed by atoms with Crippen molar-refractivity contribution >= 4 is 11.4 Å². The normalized spacial score (nSPS) is 12.0. The number of unbranched alkanes of at least 4 members (excludes halogenated alkanes) is 60. The predicted octanol–water partition coefficient (Wildman–Crippen LogP) is 29.4. The molecule has 3 nitrogen and oxygen atoms in total. The van der Waals surface area contributed by atoms with Gasteiger partial charge in [-0.25, -0.2) is 0 Å². The third-order valence-electron chi connectivity index (χ3n) is 20.2. The maximum atomic E-state index is 12.3. The Labute approximate surface area is 553 Å². The predicted molar refractivity (Wildman–Crippen MR) is 400 cm³/mol. The van der Waals surface area contributed by atoms with Crippen LogP contribution in [0.5, 0.6) is 0 Å². The lowest BCUT2D eigenvalue weighted by atomic mass is 9.99. The SMILES string of the molecule is CCCCCCCCCCCCCCCCCCN(CCCCCCCCCCCCCCCCCC)c1cc(C(O)c2ccccc2)cc(N(CCCCCCCCCCCCCCCCCC)CCCCCCCCCCCCCCCCCC)c1. The van der Waals surface area contributed by atoms with Gasteiger partial charge in [-0.3, -0.25) is 0 Å². The van der Waals surface area contributed by atoms with Crippen LogP contribution in [0.15, 0.2) is 48.5 Å². The molecule has 2 aromatic rings. The first-order valence-corrected chi connectivity index (χ1v) is 41.0. The molecule has 0 fully saturated rings. The molecule has 0 saturated carbocycles. The molecule has 2 aromatic carbocycles. The molecule has 0 bridgehead atoms. The van der Waals surface area contributed by atoms with Crippen molar-refractivity contribution in [2.75, 3.05) is 36.0 Å². The molecule has 1 atom stereocenters. The third-order valence-corrected chi connectivity index (χ3v) is 20.2. The van der Waals surface area contributed by atoms with Crippen LogP contribution in [-0.2, 0) is 0 Å². The summed E-state index contributed by atoms with van der Waals surface area (Å²) in [5.74, 6) is 0. The molecular weight excluding hydrogens is 1060 g/mol. The second-order valence-corrected chi connectivity index (χ2v) is 28.8. The molecule has 0 aliphatic rings. The minimum atomic E-state index is -0.624. The van der Waals surface area contributed by atoms with Crippen LogP contribution in [0.25, 0.3) is 0 Å². The van der Waals surface area contributed by atoms with Gasteiger partial charge >= 0.3 is 0 Å². The van der Waals surface area contributed by atoms with Crippen molar-refractivity contribution in [3.8, 4) is 0 Å². The third kappa shape index (κ3) is 51.5. The molecule has 0 aromatic heterocycles. The van der Waals surface area contributed by atoms with Crippen molar-refractivity contribution < 1.29 is 5.11 Å². The fourth-order valence-corrected chi connectivity index (χ4v) is 14.1. The first kappa shape index (κ1) is 82.1. The number of aliphatic hydroxyl groups is 1. The van der Waals surface area contributed by atoms with E-state index in [0.29, 0.717) is 0 Å². The van der Waals surface area contributed by atoms with E-state index in [-0.39, 0.29) is 0 Å². The molecular formula is C85H158N2O. The molecule has 0 aliphatic heterocycles. The topological polar surface area (TPSA) is 26.7 Å². The lowest BCUT2D eigenvalue weighted by molar-refractivity contribution is 0.220. The van der Waals surface area contributed by atoms with E-state index in [4.69, 9.17) is 0 Å². The molecule has 514 valence electrons. The van der Waals surface area contributed by atoms with Crippen molar-refractivity contribution in [1.82, 2.24) is 0 Å². The zero-order valence-electron chi connectivity index (χ0n) is 60.6. The fourth-order valence-electron chi connectivity index (χ4n) is 14.1. The van der Waals surface area contributed by atoms with E-state index in [0.717, 1.165) is 37.3 Å². The average Bonchev–Trinajstić information content (AvgIpc) is 3.58. The van der Waals surface area contributed by atoms with E-state index in [1.165, 1.54) is 422 Å². The molecule has 0 aliphatic carbocycles. The smallest absolute Gasteiger partial charge is 0.104 e. The molecule has 1 unspecified atom stereocenters. The summed E-state index contributed by atoms with van der Waals surface area (Å²) in [5.41, 5.74) is 4.79. The number of hydrogen-bond donors (Lipinski definition) is 1. The molecule has 0 radical (unpaired) electrons. The highest BCUT2D eigenvalue weighted by Crippen LogP contribution is 2.33. The minimum Gasteiger partial charge on any atom is -0.384 e. The quantitative estimate of drug-likeness (QED) is 0.0669. The second-order valence-electron chi connectivity index (χ2n) is 28.8. The lowest BCUT2D eigenvalue weighted by Gasteiger charge is -2.31. The van der Waals surface area contributed by atoms with Crippen LogP contribution in [0.4, 0.5) is 11.4 Å². The van der Waals surface area contributed by atoms with Crippen LogP contribution < -0.4 is 9.80 Å². The van der Waals surface area contributed by atoms with Crippen LogP contribution in [0.1, 0.15) is 456 Å². The Morgan fingerprint density at radius 1 is 0.216 bits per heavy atom. The molecule has 0 amide bonds. The van der Waals surface area contributed by atoms with Gasteiger partial charge in [-0.2, -0.15) is 0 Å². The van der Waals surface area contributed by atoms with Gasteiger partial charge in [0.05, 0.1) is 0 Å². The molecule has 1 N–H and O–H groups in total. The summed E-state index contributed by atoms with van der Waals surface area (Å²) in [6, 6.07) is 17.9. The van der Waals surface area contributed by atoms with E-state index >= 15 is 0 Å². The second kappa shape index (κ2) is 66.5. The Morgan fingerprint density at radius 3 is 0.568 bits per heavy atom. The Bertz CT molecular complexity index is 1470. The number of benzene rings is 2. The summed E-state index contributed by atoms with van der Waals surface area (Å²) < 4.78 is 0. The van der Waals surface area contributed by atoms with Gasteiger partial charge in [0.1, 0.15) is 6.10 Å². The van der Waals surface area contributed by atoms with Crippen LogP contribution in [0.3, 0.4) is 0 Å². The maximum Gasteiger partial charge on any atom is 0.104 e. The van der Waals surface area contributed by atoms with Crippen LogP contribution in [0.2, 0.25) is 0 Å². The molecule has 0 saturated heterocycles. The van der Waals surface area contributed by atoms with Gasteiger partial charge in [-0.15, -0.1) is 0 Å². The Kier molecular flexibility index (Phi) is 62.0. The monoisotopic (exact) mass is 1220 g/mol. The van der Waals surface area contributed by atoms with Crippen LogP contribution in [-0.4, -0.2) is 31.3 Å². The summed E-state index contributed by atoms with van der Waals surface area (Å²) in [6.07, 6.45) is 89.6. The highest BCUT2D eigenvalue weighted by atomic mass is 16.3.